The summed E-state index contributed by atoms with van der Waals surface area (Å²) in [6, 6.07) is 2.56. The molecule has 0 unspecified atom stereocenters. The molecule has 0 spiro atoms. The van der Waals surface area contributed by atoms with E-state index in [0.717, 1.165) is 30.6 Å². The molecule has 2 rings (SSSR count). The predicted octanol–water partition coefficient (Wildman–Crippen LogP) is 6.11. The maximum atomic E-state index is 9.49. The number of nitrogens with zero attached hydrogens (tertiary/aromatic N) is 1. The smallest absolute Gasteiger partial charge is 0.0807 e. The average molecular weight is 320 g/mol. The van der Waals surface area contributed by atoms with Crippen LogP contribution in [0.3, 0.4) is 0 Å². The van der Waals surface area contributed by atoms with E-state index in [1.807, 2.05) is 0 Å². The van der Waals surface area contributed by atoms with E-state index in [4.69, 9.17) is 4.74 Å². The van der Waals surface area contributed by atoms with Gasteiger partial charge in [-0.15, -0.1) is 0 Å². The molecule has 23 heavy (non-hydrogen) atoms. The molecule has 0 saturated heterocycles. The molecule has 0 amide bonds. The molecule has 2 aliphatic rings. The van der Waals surface area contributed by atoms with Crippen molar-refractivity contribution in [1.82, 2.24) is 0 Å². The summed E-state index contributed by atoms with van der Waals surface area (Å²) in [6.45, 7) is 2.92. The Kier molecular flexibility index (Phi) is 7.90. The molecule has 2 heteroatoms. The Balaban J connectivity index is 1.67. The van der Waals surface area contributed by atoms with E-state index >= 15 is 0 Å². The number of nitriles is 1. The SMILES string of the molecule is CCCCCCC1CCC([C@H]2CC[C@](C#N)(COC)CC2)CC1. The van der Waals surface area contributed by atoms with Gasteiger partial charge in [-0.3, -0.25) is 0 Å². The second kappa shape index (κ2) is 9.67. The van der Waals surface area contributed by atoms with Crippen molar-refractivity contribution in [3.63, 3.8) is 0 Å². The van der Waals surface area contributed by atoms with Crippen LogP contribution in [0, 0.1) is 34.5 Å². The van der Waals surface area contributed by atoms with Crippen LogP contribution in [0.25, 0.3) is 0 Å². The lowest BCUT2D eigenvalue weighted by atomic mass is 9.65. The molecule has 0 bridgehead atoms. The maximum absolute atomic E-state index is 9.49. The van der Waals surface area contributed by atoms with E-state index in [9.17, 15) is 5.26 Å². The first kappa shape index (κ1) is 18.8. The van der Waals surface area contributed by atoms with Gasteiger partial charge >= 0.3 is 0 Å². The summed E-state index contributed by atoms with van der Waals surface area (Å²) in [7, 11) is 1.73. The lowest BCUT2D eigenvalue weighted by Crippen LogP contribution is -2.33. The zero-order valence-electron chi connectivity index (χ0n) is 15.5. The van der Waals surface area contributed by atoms with E-state index in [1.54, 1.807) is 7.11 Å². The van der Waals surface area contributed by atoms with Crippen LogP contribution in [-0.2, 0) is 4.74 Å². The van der Waals surface area contributed by atoms with Gasteiger partial charge in [0.25, 0.3) is 0 Å². The van der Waals surface area contributed by atoms with Crippen molar-refractivity contribution >= 4 is 0 Å². The molecular weight excluding hydrogens is 282 g/mol. The summed E-state index contributed by atoms with van der Waals surface area (Å²) in [5.41, 5.74) is -0.179. The van der Waals surface area contributed by atoms with Gasteiger partial charge in [0.1, 0.15) is 0 Å². The third kappa shape index (κ3) is 5.49. The number of unbranched alkanes of at least 4 members (excludes halogenated alkanes) is 3. The second-order valence-corrected chi connectivity index (χ2v) is 8.29. The molecule has 2 aliphatic carbocycles. The minimum Gasteiger partial charge on any atom is -0.383 e. The molecule has 0 atom stereocenters. The van der Waals surface area contributed by atoms with Crippen molar-refractivity contribution in [1.29, 1.82) is 5.26 Å². The monoisotopic (exact) mass is 319 g/mol. The number of rotatable bonds is 8. The van der Waals surface area contributed by atoms with Crippen LogP contribution in [0.5, 0.6) is 0 Å². The number of hydrogen-bond acceptors (Lipinski definition) is 2. The van der Waals surface area contributed by atoms with E-state index < -0.39 is 0 Å². The highest BCUT2D eigenvalue weighted by Crippen LogP contribution is 2.46. The van der Waals surface area contributed by atoms with Gasteiger partial charge in [-0.25, -0.2) is 0 Å². The zero-order valence-corrected chi connectivity index (χ0v) is 15.5. The van der Waals surface area contributed by atoms with Gasteiger partial charge in [0.2, 0.25) is 0 Å². The highest BCUT2D eigenvalue weighted by atomic mass is 16.5. The molecular formula is C21H37NO. The summed E-state index contributed by atoms with van der Waals surface area (Å²) in [6.07, 6.45) is 17.6. The van der Waals surface area contributed by atoms with Gasteiger partial charge in [-0.05, 0) is 56.3 Å². The van der Waals surface area contributed by atoms with E-state index in [-0.39, 0.29) is 5.41 Å². The lowest BCUT2D eigenvalue weighted by molar-refractivity contribution is 0.0555. The molecule has 0 heterocycles. The third-order valence-electron chi connectivity index (χ3n) is 6.67. The van der Waals surface area contributed by atoms with Crippen LogP contribution in [0.2, 0.25) is 0 Å². The van der Waals surface area contributed by atoms with Crippen LogP contribution < -0.4 is 0 Å². The summed E-state index contributed by atoms with van der Waals surface area (Å²) in [4.78, 5) is 0. The van der Waals surface area contributed by atoms with Crippen molar-refractivity contribution in [2.75, 3.05) is 13.7 Å². The minimum absolute atomic E-state index is 0.179. The molecule has 0 aliphatic heterocycles. The Labute approximate surface area is 144 Å². The summed E-state index contributed by atoms with van der Waals surface area (Å²) >= 11 is 0. The molecule has 0 aromatic rings. The van der Waals surface area contributed by atoms with E-state index in [0.29, 0.717) is 6.61 Å². The van der Waals surface area contributed by atoms with Gasteiger partial charge in [-0.1, -0.05) is 51.9 Å². The van der Waals surface area contributed by atoms with Crippen molar-refractivity contribution < 1.29 is 4.74 Å². The van der Waals surface area contributed by atoms with Crippen LogP contribution in [0.15, 0.2) is 0 Å². The Morgan fingerprint density at radius 3 is 2.17 bits per heavy atom. The fourth-order valence-corrected chi connectivity index (χ4v) is 5.04. The average Bonchev–Trinajstić information content (AvgIpc) is 2.60. The first-order valence-corrected chi connectivity index (χ1v) is 10.1. The summed E-state index contributed by atoms with van der Waals surface area (Å²) in [5, 5.41) is 9.49. The molecule has 0 radical (unpaired) electrons. The maximum Gasteiger partial charge on any atom is 0.0807 e. The Morgan fingerprint density at radius 2 is 1.61 bits per heavy atom. The minimum atomic E-state index is -0.179. The van der Waals surface area contributed by atoms with Gasteiger partial charge in [0.05, 0.1) is 18.1 Å². The topological polar surface area (TPSA) is 33.0 Å². The summed E-state index contributed by atoms with van der Waals surface area (Å²) < 4.78 is 5.30. The first-order chi connectivity index (χ1) is 11.2. The number of hydrogen-bond donors (Lipinski definition) is 0. The zero-order chi connectivity index (χ0) is 16.5. The van der Waals surface area contributed by atoms with E-state index in [2.05, 4.69) is 13.0 Å². The molecule has 2 saturated carbocycles. The van der Waals surface area contributed by atoms with Crippen molar-refractivity contribution in [2.24, 2.45) is 23.2 Å². The predicted molar refractivity (Wildman–Crippen MR) is 96.1 cm³/mol. The molecule has 0 N–H and O–H groups in total. The van der Waals surface area contributed by atoms with Crippen LogP contribution in [0.1, 0.15) is 90.4 Å². The molecule has 0 aromatic heterocycles. The number of methoxy groups -OCH3 is 1. The van der Waals surface area contributed by atoms with Gasteiger partial charge in [0, 0.05) is 7.11 Å². The Hall–Kier alpha value is -0.550. The standard InChI is InChI=1S/C21H37NO/c1-3-4-5-6-7-18-8-10-19(11-9-18)20-12-14-21(16-22,15-13-20)17-23-2/h18-20H,3-15,17H2,1-2H3/t18?,19?,20-,21-. The van der Waals surface area contributed by atoms with Gasteiger partial charge < -0.3 is 4.74 Å². The quantitative estimate of drug-likeness (QED) is 0.506. The lowest BCUT2D eigenvalue weighted by Gasteiger charge is -2.40. The van der Waals surface area contributed by atoms with Gasteiger partial charge in [-0.2, -0.15) is 5.26 Å². The number of ether oxygens (including phenoxy) is 1. The van der Waals surface area contributed by atoms with Crippen molar-refractivity contribution in [2.45, 2.75) is 90.4 Å². The normalized spacial score (nSPS) is 34.9. The van der Waals surface area contributed by atoms with Crippen LogP contribution >= 0.6 is 0 Å². The molecule has 132 valence electrons. The van der Waals surface area contributed by atoms with Crippen molar-refractivity contribution in [3.8, 4) is 6.07 Å². The first-order valence-electron chi connectivity index (χ1n) is 10.1. The molecule has 0 aromatic carbocycles. The Bertz CT molecular complexity index is 357. The molecule has 2 fully saturated rings. The third-order valence-corrected chi connectivity index (χ3v) is 6.67. The fraction of sp³-hybridized carbons (Fsp3) is 0.952. The van der Waals surface area contributed by atoms with Crippen molar-refractivity contribution in [3.05, 3.63) is 0 Å². The van der Waals surface area contributed by atoms with Crippen LogP contribution in [-0.4, -0.2) is 13.7 Å². The highest BCUT2D eigenvalue weighted by molar-refractivity contribution is 5.02. The fourth-order valence-electron chi connectivity index (χ4n) is 5.04. The van der Waals surface area contributed by atoms with Crippen LogP contribution in [0.4, 0.5) is 0 Å². The second-order valence-electron chi connectivity index (χ2n) is 8.29. The van der Waals surface area contributed by atoms with E-state index in [1.165, 1.54) is 70.6 Å². The Morgan fingerprint density at radius 1 is 0.957 bits per heavy atom. The highest BCUT2D eigenvalue weighted by Gasteiger charge is 2.38. The largest absolute Gasteiger partial charge is 0.383 e. The van der Waals surface area contributed by atoms with Gasteiger partial charge in [0.15, 0.2) is 0 Å². The summed E-state index contributed by atoms with van der Waals surface area (Å²) in [5.74, 6) is 2.84. The molecule has 2 nitrogen and oxygen atoms in total.